The number of nitrogens with one attached hydrogen (secondary N) is 1. The summed E-state index contributed by atoms with van der Waals surface area (Å²) >= 11 is 0. The first kappa shape index (κ1) is 16.6. The van der Waals surface area contributed by atoms with E-state index in [1.807, 2.05) is 18.2 Å². The molecule has 0 saturated carbocycles. The fourth-order valence-corrected chi connectivity index (χ4v) is 2.61. The van der Waals surface area contributed by atoms with Gasteiger partial charge in [0, 0.05) is 12.2 Å². The number of aromatic hydroxyl groups is 1. The molecule has 0 radical (unpaired) electrons. The molecule has 0 unspecified atom stereocenters. The average molecular weight is 337 g/mol. The van der Waals surface area contributed by atoms with Gasteiger partial charge in [0.2, 0.25) is 0 Å². The number of benzene rings is 3. The van der Waals surface area contributed by atoms with Crippen molar-refractivity contribution in [1.29, 1.82) is 0 Å². The Balaban J connectivity index is 1.57. The molecule has 3 aromatic carbocycles. The van der Waals surface area contributed by atoms with E-state index in [9.17, 15) is 9.90 Å². The number of fused-ring (bicyclic) bond motifs is 1. The Labute approximate surface area is 145 Å². The van der Waals surface area contributed by atoms with Crippen molar-refractivity contribution < 1.29 is 19.7 Å². The van der Waals surface area contributed by atoms with Crippen molar-refractivity contribution in [3.63, 3.8) is 0 Å². The summed E-state index contributed by atoms with van der Waals surface area (Å²) in [5.41, 5.74) is 1.71. The normalized spacial score (nSPS) is 10.6. The van der Waals surface area contributed by atoms with Gasteiger partial charge in [0.1, 0.15) is 23.7 Å². The molecule has 0 spiro atoms. The molecule has 0 atom stereocenters. The second-order valence-electron chi connectivity index (χ2n) is 5.82. The second kappa shape index (κ2) is 7.13. The molecule has 3 rings (SSSR count). The molecule has 0 aliphatic heterocycles. The smallest absolute Gasteiger partial charge is 0.339 e. The van der Waals surface area contributed by atoms with Gasteiger partial charge in [0.25, 0.3) is 0 Å². The molecule has 0 aliphatic carbocycles. The Morgan fingerprint density at radius 2 is 1.80 bits per heavy atom. The Morgan fingerprint density at radius 3 is 2.60 bits per heavy atom. The van der Waals surface area contributed by atoms with Gasteiger partial charge < -0.3 is 20.3 Å². The number of ether oxygens (including phenoxy) is 1. The fraction of sp³-hybridized carbons (Fsp3) is 0.150. The number of carbonyl (C=O) groups is 1. The number of hydrogen-bond donors (Lipinski definition) is 3. The number of carboxylic acids is 1. The lowest BCUT2D eigenvalue weighted by Gasteiger charge is -2.10. The van der Waals surface area contributed by atoms with Crippen LogP contribution in [0.5, 0.6) is 11.5 Å². The van der Waals surface area contributed by atoms with E-state index in [2.05, 4.69) is 30.4 Å². The summed E-state index contributed by atoms with van der Waals surface area (Å²) in [6.07, 6.45) is 0. The van der Waals surface area contributed by atoms with Gasteiger partial charge in [-0.1, -0.05) is 29.8 Å². The number of phenols is 1. The van der Waals surface area contributed by atoms with Gasteiger partial charge in [0.05, 0.1) is 0 Å². The largest absolute Gasteiger partial charge is 0.507 e. The van der Waals surface area contributed by atoms with Crippen molar-refractivity contribution in [1.82, 2.24) is 0 Å². The van der Waals surface area contributed by atoms with Gasteiger partial charge in [-0.05, 0) is 48.0 Å². The summed E-state index contributed by atoms with van der Waals surface area (Å²) in [5, 5.41) is 23.9. The minimum absolute atomic E-state index is 0.129. The van der Waals surface area contributed by atoms with E-state index in [1.165, 1.54) is 23.1 Å². The molecule has 5 nitrogen and oxygen atoms in total. The van der Waals surface area contributed by atoms with Crippen LogP contribution in [0.1, 0.15) is 15.9 Å². The fourth-order valence-electron chi connectivity index (χ4n) is 2.61. The van der Waals surface area contributed by atoms with E-state index in [-0.39, 0.29) is 11.3 Å². The van der Waals surface area contributed by atoms with Crippen LogP contribution in [0.15, 0.2) is 54.6 Å². The number of aromatic carboxylic acids is 1. The van der Waals surface area contributed by atoms with E-state index in [1.54, 1.807) is 6.07 Å². The predicted octanol–water partition coefficient (Wildman–Crippen LogP) is 4.04. The first-order valence-corrected chi connectivity index (χ1v) is 7.96. The highest BCUT2D eigenvalue weighted by Crippen LogP contribution is 2.23. The van der Waals surface area contributed by atoms with Crippen LogP contribution in [0.3, 0.4) is 0 Å². The van der Waals surface area contributed by atoms with E-state index < -0.39 is 5.97 Å². The van der Waals surface area contributed by atoms with Crippen molar-refractivity contribution in [3.05, 3.63) is 65.7 Å². The molecule has 0 aliphatic rings. The molecule has 3 N–H and O–H groups in total. The highest BCUT2D eigenvalue weighted by Gasteiger charge is 2.09. The number of hydrogen-bond acceptors (Lipinski definition) is 4. The average Bonchev–Trinajstić information content (AvgIpc) is 2.59. The molecule has 0 saturated heterocycles. The van der Waals surface area contributed by atoms with Gasteiger partial charge in [0.15, 0.2) is 0 Å². The molecular formula is C20H19NO4. The maximum atomic E-state index is 11.0. The second-order valence-corrected chi connectivity index (χ2v) is 5.82. The van der Waals surface area contributed by atoms with Crippen LogP contribution in [-0.4, -0.2) is 29.3 Å². The zero-order chi connectivity index (χ0) is 17.8. The van der Waals surface area contributed by atoms with Crippen LogP contribution in [-0.2, 0) is 0 Å². The third kappa shape index (κ3) is 4.01. The van der Waals surface area contributed by atoms with Crippen LogP contribution < -0.4 is 10.1 Å². The lowest BCUT2D eigenvalue weighted by Crippen LogP contribution is -2.12. The number of rotatable bonds is 6. The van der Waals surface area contributed by atoms with Crippen molar-refractivity contribution in [2.45, 2.75) is 6.92 Å². The van der Waals surface area contributed by atoms with Crippen molar-refractivity contribution in [2.24, 2.45) is 0 Å². The first-order chi connectivity index (χ1) is 12.0. The SMILES string of the molecule is Cc1ccc2cc(OCCNc3ccc(O)c(C(=O)O)c3)ccc2c1. The summed E-state index contributed by atoms with van der Waals surface area (Å²) in [5.74, 6) is -0.625. The Hall–Kier alpha value is -3.21. The highest BCUT2D eigenvalue weighted by atomic mass is 16.5. The number of aryl methyl sites for hydroxylation is 1. The standard InChI is InChI=1S/C20H19NO4/c1-13-2-3-15-11-17(6-4-14(15)10-13)25-9-8-21-16-5-7-19(22)18(12-16)20(23)24/h2-7,10-12,21-22H,8-9H2,1H3,(H,23,24). The Kier molecular flexibility index (Phi) is 4.75. The van der Waals surface area contributed by atoms with Gasteiger partial charge in [-0.2, -0.15) is 0 Å². The molecule has 128 valence electrons. The predicted molar refractivity (Wildman–Crippen MR) is 97.7 cm³/mol. The van der Waals surface area contributed by atoms with E-state index >= 15 is 0 Å². The first-order valence-electron chi connectivity index (χ1n) is 7.96. The molecule has 0 fully saturated rings. The molecule has 0 aromatic heterocycles. The van der Waals surface area contributed by atoms with E-state index in [4.69, 9.17) is 9.84 Å². The summed E-state index contributed by atoms with van der Waals surface area (Å²) in [7, 11) is 0. The monoisotopic (exact) mass is 337 g/mol. The Bertz CT molecular complexity index is 921. The van der Waals surface area contributed by atoms with Crippen LogP contribution in [0.25, 0.3) is 10.8 Å². The van der Waals surface area contributed by atoms with Crippen molar-refractivity contribution >= 4 is 22.4 Å². The van der Waals surface area contributed by atoms with Crippen LogP contribution in [0, 0.1) is 6.92 Å². The molecule has 25 heavy (non-hydrogen) atoms. The minimum atomic E-state index is -1.16. The minimum Gasteiger partial charge on any atom is -0.507 e. The number of anilines is 1. The van der Waals surface area contributed by atoms with Gasteiger partial charge in [-0.25, -0.2) is 4.79 Å². The molecule has 0 bridgehead atoms. The summed E-state index contributed by atoms with van der Waals surface area (Å²) in [4.78, 5) is 11.0. The molecule has 5 heteroatoms. The van der Waals surface area contributed by atoms with Gasteiger partial charge >= 0.3 is 5.97 Å². The maximum absolute atomic E-state index is 11.0. The third-order valence-corrected chi connectivity index (χ3v) is 3.89. The quantitative estimate of drug-likeness (QED) is 0.467. The van der Waals surface area contributed by atoms with Crippen LogP contribution in [0.4, 0.5) is 5.69 Å². The van der Waals surface area contributed by atoms with Crippen LogP contribution in [0.2, 0.25) is 0 Å². The maximum Gasteiger partial charge on any atom is 0.339 e. The Morgan fingerprint density at radius 1 is 1.04 bits per heavy atom. The molecular weight excluding hydrogens is 318 g/mol. The summed E-state index contributed by atoms with van der Waals surface area (Å²) in [6, 6.07) is 16.6. The lowest BCUT2D eigenvalue weighted by molar-refractivity contribution is 0.0694. The topological polar surface area (TPSA) is 78.8 Å². The summed E-state index contributed by atoms with van der Waals surface area (Å²) in [6.45, 7) is 3.00. The zero-order valence-corrected chi connectivity index (χ0v) is 13.8. The molecule has 3 aromatic rings. The number of carboxylic acid groups (broad SMARTS) is 1. The highest BCUT2D eigenvalue weighted by molar-refractivity contribution is 5.92. The molecule has 0 amide bonds. The van der Waals surface area contributed by atoms with Crippen molar-refractivity contribution in [3.8, 4) is 11.5 Å². The van der Waals surface area contributed by atoms with Gasteiger partial charge in [-0.15, -0.1) is 0 Å². The summed E-state index contributed by atoms with van der Waals surface area (Å²) < 4.78 is 5.74. The van der Waals surface area contributed by atoms with Crippen LogP contribution >= 0.6 is 0 Å². The lowest BCUT2D eigenvalue weighted by atomic mass is 10.1. The van der Waals surface area contributed by atoms with E-state index in [0.29, 0.717) is 18.8 Å². The third-order valence-electron chi connectivity index (χ3n) is 3.89. The molecule has 0 heterocycles. The van der Waals surface area contributed by atoms with Crippen molar-refractivity contribution in [2.75, 3.05) is 18.5 Å². The van der Waals surface area contributed by atoms with E-state index in [0.717, 1.165) is 11.1 Å². The van der Waals surface area contributed by atoms with Gasteiger partial charge in [-0.3, -0.25) is 0 Å². The zero-order valence-electron chi connectivity index (χ0n) is 13.8.